The first-order valence-electron chi connectivity index (χ1n) is 3.07. The predicted octanol–water partition coefficient (Wildman–Crippen LogP) is 0.824. The molecule has 0 aromatic heterocycles. The summed E-state index contributed by atoms with van der Waals surface area (Å²) in [5.41, 5.74) is 0. The average molecular weight is 111 g/mol. The first-order chi connectivity index (χ1) is 3.86. The molecule has 0 aromatic carbocycles. The normalized spacial score (nSPS) is 41.9. The van der Waals surface area contributed by atoms with Crippen LogP contribution in [0.1, 0.15) is 13.3 Å². The van der Waals surface area contributed by atoms with Crippen LogP contribution in [0.25, 0.3) is 0 Å². The summed E-state index contributed by atoms with van der Waals surface area (Å²) in [7, 11) is 0. The van der Waals surface area contributed by atoms with Crippen molar-refractivity contribution >= 4 is 5.90 Å². The molecule has 8 heavy (non-hydrogen) atoms. The summed E-state index contributed by atoms with van der Waals surface area (Å²) in [6.45, 7) is 3.01. The Balaban J connectivity index is 2.23. The largest absolute Gasteiger partial charge is 0.478 e. The Bertz CT molecular complexity index is 141. The number of aliphatic imine (C=N–C) groups is 1. The Hall–Kier alpha value is -0.530. The SMILES string of the molecule is CC1CC2COC1=N2. The van der Waals surface area contributed by atoms with Crippen LogP contribution in [0.4, 0.5) is 0 Å². The average Bonchev–Trinajstić information content (AvgIpc) is 2.23. The van der Waals surface area contributed by atoms with Crippen molar-refractivity contribution < 1.29 is 4.74 Å². The van der Waals surface area contributed by atoms with Crippen LogP contribution in [-0.2, 0) is 4.74 Å². The predicted molar refractivity (Wildman–Crippen MR) is 31.0 cm³/mol. The Morgan fingerprint density at radius 2 is 2.62 bits per heavy atom. The van der Waals surface area contributed by atoms with Crippen LogP contribution < -0.4 is 0 Å². The molecule has 2 atom stereocenters. The number of nitrogens with zero attached hydrogens (tertiary/aromatic N) is 1. The Morgan fingerprint density at radius 1 is 1.75 bits per heavy atom. The van der Waals surface area contributed by atoms with Crippen LogP contribution in [0, 0.1) is 5.92 Å². The second-order valence-corrected chi connectivity index (χ2v) is 2.57. The van der Waals surface area contributed by atoms with E-state index in [0.29, 0.717) is 12.0 Å². The fourth-order valence-corrected chi connectivity index (χ4v) is 1.34. The highest BCUT2D eigenvalue weighted by molar-refractivity contribution is 5.82. The van der Waals surface area contributed by atoms with E-state index in [1.165, 1.54) is 6.42 Å². The van der Waals surface area contributed by atoms with Gasteiger partial charge < -0.3 is 4.74 Å². The summed E-state index contributed by atoms with van der Waals surface area (Å²) in [4.78, 5) is 4.28. The topological polar surface area (TPSA) is 21.6 Å². The molecule has 2 rings (SSSR count). The van der Waals surface area contributed by atoms with E-state index < -0.39 is 0 Å². The van der Waals surface area contributed by atoms with Gasteiger partial charge in [0.2, 0.25) is 0 Å². The molecule has 0 saturated heterocycles. The summed E-state index contributed by atoms with van der Waals surface area (Å²) in [6.07, 6.45) is 1.22. The molecule has 0 amide bonds. The number of fused-ring (bicyclic) bond motifs is 1. The zero-order valence-electron chi connectivity index (χ0n) is 4.92. The molecule has 2 heterocycles. The summed E-state index contributed by atoms with van der Waals surface area (Å²) < 4.78 is 5.21. The highest BCUT2D eigenvalue weighted by atomic mass is 16.5. The molecule has 2 aliphatic heterocycles. The number of rotatable bonds is 0. The Labute approximate surface area is 48.6 Å². The Morgan fingerprint density at radius 3 is 2.88 bits per heavy atom. The van der Waals surface area contributed by atoms with E-state index in [1.54, 1.807) is 0 Å². The minimum absolute atomic E-state index is 0.514. The van der Waals surface area contributed by atoms with Crippen molar-refractivity contribution in [2.24, 2.45) is 10.9 Å². The molecule has 44 valence electrons. The molecule has 2 heteroatoms. The van der Waals surface area contributed by atoms with E-state index in [0.717, 1.165) is 12.5 Å². The second kappa shape index (κ2) is 1.24. The molecular weight excluding hydrogens is 102 g/mol. The van der Waals surface area contributed by atoms with Gasteiger partial charge in [-0.2, -0.15) is 0 Å². The fourth-order valence-electron chi connectivity index (χ4n) is 1.34. The fraction of sp³-hybridized carbons (Fsp3) is 0.833. The molecule has 0 aromatic rings. The highest BCUT2D eigenvalue weighted by Crippen LogP contribution is 2.26. The van der Waals surface area contributed by atoms with Crippen LogP contribution >= 0.6 is 0 Å². The molecule has 2 bridgehead atoms. The van der Waals surface area contributed by atoms with Gasteiger partial charge in [-0.15, -0.1) is 0 Å². The van der Waals surface area contributed by atoms with Crippen LogP contribution in [0.5, 0.6) is 0 Å². The standard InChI is InChI=1S/C6H9NO/c1-4-2-5-3-8-6(4)7-5/h4-5H,2-3H2,1H3. The van der Waals surface area contributed by atoms with Gasteiger partial charge in [0, 0.05) is 5.92 Å². The lowest BCUT2D eigenvalue weighted by molar-refractivity contribution is 0.256. The van der Waals surface area contributed by atoms with Gasteiger partial charge in [0.1, 0.15) is 6.61 Å². The van der Waals surface area contributed by atoms with Crippen molar-refractivity contribution in [3.8, 4) is 0 Å². The summed E-state index contributed by atoms with van der Waals surface area (Å²) in [5, 5.41) is 0. The third-order valence-electron chi connectivity index (χ3n) is 1.78. The monoisotopic (exact) mass is 111 g/mol. The summed E-state index contributed by atoms with van der Waals surface area (Å²) >= 11 is 0. The second-order valence-electron chi connectivity index (χ2n) is 2.57. The van der Waals surface area contributed by atoms with Gasteiger partial charge in [-0.05, 0) is 6.42 Å². The van der Waals surface area contributed by atoms with E-state index in [9.17, 15) is 0 Å². The number of hydrogen-bond donors (Lipinski definition) is 0. The quantitative estimate of drug-likeness (QED) is 0.453. The third-order valence-corrected chi connectivity index (χ3v) is 1.78. The molecular formula is C6H9NO. The van der Waals surface area contributed by atoms with Gasteiger partial charge in [-0.1, -0.05) is 6.92 Å². The maximum absolute atomic E-state index is 5.21. The van der Waals surface area contributed by atoms with Crippen molar-refractivity contribution in [2.45, 2.75) is 19.4 Å². The molecule has 2 unspecified atom stereocenters. The van der Waals surface area contributed by atoms with Gasteiger partial charge in [-0.25, -0.2) is 4.99 Å². The van der Waals surface area contributed by atoms with Gasteiger partial charge in [-0.3, -0.25) is 0 Å². The summed E-state index contributed by atoms with van der Waals surface area (Å²) in [5.74, 6) is 1.60. The molecule has 0 saturated carbocycles. The molecule has 0 fully saturated rings. The minimum atomic E-state index is 0.514. The first kappa shape index (κ1) is 4.36. The van der Waals surface area contributed by atoms with Gasteiger partial charge >= 0.3 is 0 Å². The molecule has 0 aliphatic carbocycles. The third kappa shape index (κ3) is 0.403. The van der Waals surface area contributed by atoms with E-state index in [1.807, 2.05) is 0 Å². The lowest BCUT2D eigenvalue weighted by Crippen LogP contribution is -2.19. The molecule has 0 N–H and O–H groups in total. The maximum Gasteiger partial charge on any atom is 0.186 e. The summed E-state index contributed by atoms with van der Waals surface area (Å²) in [6, 6.07) is 0.514. The number of ether oxygens (including phenoxy) is 1. The van der Waals surface area contributed by atoms with Crippen molar-refractivity contribution in [3.63, 3.8) is 0 Å². The molecule has 2 nitrogen and oxygen atoms in total. The zero-order valence-corrected chi connectivity index (χ0v) is 4.92. The van der Waals surface area contributed by atoms with Crippen LogP contribution in [0.15, 0.2) is 4.99 Å². The lowest BCUT2D eigenvalue weighted by atomic mass is 10.1. The van der Waals surface area contributed by atoms with Gasteiger partial charge in [0.05, 0.1) is 6.04 Å². The molecule has 0 radical (unpaired) electrons. The zero-order chi connectivity index (χ0) is 5.56. The molecule has 2 aliphatic rings. The van der Waals surface area contributed by atoms with Crippen molar-refractivity contribution in [1.82, 2.24) is 0 Å². The van der Waals surface area contributed by atoms with E-state index in [2.05, 4.69) is 11.9 Å². The first-order valence-corrected chi connectivity index (χ1v) is 3.07. The van der Waals surface area contributed by atoms with Crippen molar-refractivity contribution in [2.75, 3.05) is 6.61 Å². The number of hydrogen-bond acceptors (Lipinski definition) is 2. The molecule has 0 spiro atoms. The lowest BCUT2D eigenvalue weighted by Gasteiger charge is -2.12. The van der Waals surface area contributed by atoms with Crippen LogP contribution in [0.2, 0.25) is 0 Å². The van der Waals surface area contributed by atoms with Gasteiger partial charge in [0.15, 0.2) is 5.90 Å². The van der Waals surface area contributed by atoms with Crippen LogP contribution in [-0.4, -0.2) is 18.5 Å². The van der Waals surface area contributed by atoms with E-state index in [-0.39, 0.29) is 0 Å². The Kier molecular flexibility index (Phi) is 0.678. The van der Waals surface area contributed by atoms with E-state index >= 15 is 0 Å². The van der Waals surface area contributed by atoms with Crippen molar-refractivity contribution in [3.05, 3.63) is 0 Å². The minimum Gasteiger partial charge on any atom is -0.478 e. The smallest absolute Gasteiger partial charge is 0.186 e. The maximum atomic E-state index is 5.21. The highest BCUT2D eigenvalue weighted by Gasteiger charge is 2.32. The van der Waals surface area contributed by atoms with Gasteiger partial charge in [0.25, 0.3) is 0 Å². The van der Waals surface area contributed by atoms with Crippen LogP contribution in [0.3, 0.4) is 0 Å². The van der Waals surface area contributed by atoms with E-state index in [4.69, 9.17) is 4.74 Å². The van der Waals surface area contributed by atoms with Crippen molar-refractivity contribution in [1.29, 1.82) is 0 Å².